The number of aromatic nitrogens is 2. The first-order valence-electron chi connectivity index (χ1n) is 5.90. The number of hydrogen-bond acceptors (Lipinski definition) is 3. The van der Waals surface area contributed by atoms with Crippen molar-refractivity contribution in [3.8, 4) is 0 Å². The number of aryl methyl sites for hydroxylation is 1. The molecule has 3 nitrogen and oxygen atoms in total. The maximum atomic E-state index is 4.43. The van der Waals surface area contributed by atoms with Crippen LogP contribution in [0.2, 0.25) is 0 Å². The molecule has 0 saturated carbocycles. The fourth-order valence-electron chi connectivity index (χ4n) is 1.82. The fraction of sp³-hybridized carbons (Fsp3) is 0.286. The summed E-state index contributed by atoms with van der Waals surface area (Å²) in [5.41, 5.74) is 3.17. The number of likely N-dealkylation sites (N-methyl/N-ethyl adjacent to an activating group) is 1. The summed E-state index contributed by atoms with van der Waals surface area (Å²) < 4.78 is 1.13. The van der Waals surface area contributed by atoms with Crippen LogP contribution in [0.1, 0.15) is 23.0 Å². The third kappa shape index (κ3) is 3.15. The van der Waals surface area contributed by atoms with E-state index in [1.807, 2.05) is 32.3 Å². The maximum Gasteiger partial charge on any atom is 0.0759 e. The second-order valence-corrected chi connectivity index (χ2v) is 5.07. The highest BCUT2D eigenvalue weighted by molar-refractivity contribution is 9.10. The monoisotopic (exact) mass is 305 g/mol. The Balaban J connectivity index is 2.20. The first-order chi connectivity index (χ1) is 8.70. The standard InChI is InChI=1S/C14H16BrN3/c1-10-8-18-14(9-17-10)13(16-2)7-11-5-3-4-6-12(11)15/h3-6,8-9,13,16H,7H2,1-2H3. The molecule has 1 heterocycles. The molecule has 0 fully saturated rings. The predicted molar refractivity (Wildman–Crippen MR) is 76.4 cm³/mol. The average molecular weight is 306 g/mol. The van der Waals surface area contributed by atoms with E-state index < -0.39 is 0 Å². The Labute approximate surface area is 116 Å². The molecular weight excluding hydrogens is 290 g/mol. The van der Waals surface area contributed by atoms with Gasteiger partial charge >= 0.3 is 0 Å². The van der Waals surface area contributed by atoms with Gasteiger partial charge in [0.05, 0.1) is 23.6 Å². The molecule has 0 aliphatic carbocycles. The molecule has 0 spiro atoms. The van der Waals surface area contributed by atoms with Crippen molar-refractivity contribution in [2.24, 2.45) is 0 Å². The zero-order valence-corrected chi connectivity index (χ0v) is 12.1. The zero-order valence-electron chi connectivity index (χ0n) is 10.5. The predicted octanol–water partition coefficient (Wildman–Crippen LogP) is 3.05. The van der Waals surface area contributed by atoms with Crippen LogP contribution in [0.15, 0.2) is 41.1 Å². The largest absolute Gasteiger partial charge is 0.311 e. The smallest absolute Gasteiger partial charge is 0.0759 e. The van der Waals surface area contributed by atoms with E-state index in [-0.39, 0.29) is 6.04 Å². The summed E-state index contributed by atoms with van der Waals surface area (Å²) in [4.78, 5) is 8.73. The highest BCUT2D eigenvalue weighted by Gasteiger charge is 2.13. The molecule has 0 saturated heterocycles. The Morgan fingerprint density at radius 3 is 2.61 bits per heavy atom. The summed E-state index contributed by atoms with van der Waals surface area (Å²) >= 11 is 3.57. The van der Waals surface area contributed by atoms with E-state index in [1.165, 1.54) is 5.56 Å². The summed E-state index contributed by atoms with van der Waals surface area (Å²) in [7, 11) is 1.95. The van der Waals surface area contributed by atoms with Crippen LogP contribution in [0.25, 0.3) is 0 Å². The molecule has 0 aliphatic heterocycles. The van der Waals surface area contributed by atoms with Gasteiger partial charge in [0.25, 0.3) is 0 Å². The number of nitrogens with zero attached hydrogens (tertiary/aromatic N) is 2. The molecule has 1 aromatic heterocycles. The van der Waals surface area contributed by atoms with Gasteiger partial charge in [-0.2, -0.15) is 0 Å². The zero-order chi connectivity index (χ0) is 13.0. The lowest BCUT2D eigenvalue weighted by molar-refractivity contribution is 0.571. The Kier molecular flexibility index (Phi) is 4.44. The summed E-state index contributed by atoms with van der Waals surface area (Å²) in [5.74, 6) is 0. The summed E-state index contributed by atoms with van der Waals surface area (Å²) in [6, 6.07) is 8.43. The van der Waals surface area contributed by atoms with Gasteiger partial charge in [0, 0.05) is 10.7 Å². The van der Waals surface area contributed by atoms with Crippen LogP contribution in [0.3, 0.4) is 0 Å². The summed E-state index contributed by atoms with van der Waals surface area (Å²) in [6.45, 7) is 1.94. The van der Waals surface area contributed by atoms with Crippen molar-refractivity contribution in [2.45, 2.75) is 19.4 Å². The van der Waals surface area contributed by atoms with Crippen LogP contribution in [0, 0.1) is 6.92 Å². The molecule has 1 aromatic carbocycles. The quantitative estimate of drug-likeness (QED) is 0.943. The van der Waals surface area contributed by atoms with Crippen LogP contribution in [0.5, 0.6) is 0 Å². The minimum Gasteiger partial charge on any atom is -0.311 e. The molecule has 94 valence electrons. The molecule has 0 amide bonds. The van der Waals surface area contributed by atoms with Gasteiger partial charge in [-0.25, -0.2) is 0 Å². The molecule has 1 unspecified atom stereocenters. The molecule has 0 aliphatic rings. The number of halogens is 1. The molecule has 2 rings (SSSR count). The van der Waals surface area contributed by atoms with Crippen molar-refractivity contribution in [1.82, 2.24) is 15.3 Å². The van der Waals surface area contributed by atoms with Gasteiger partial charge in [0.2, 0.25) is 0 Å². The van der Waals surface area contributed by atoms with Crippen molar-refractivity contribution < 1.29 is 0 Å². The van der Waals surface area contributed by atoms with Crippen molar-refractivity contribution in [1.29, 1.82) is 0 Å². The highest BCUT2D eigenvalue weighted by Crippen LogP contribution is 2.22. The van der Waals surface area contributed by atoms with Gasteiger partial charge in [0.1, 0.15) is 0 Å². The molecule has 1 atom stereocenters. The topological polar surface area (TPSA) is 37.8 Å². The Morgan fingerprint density at radius 2 is 2.00 bits per heavy atom. The third-order valence-corrected chi connectivity index (χ3v) is 3.66. The third-order valence-electron chi connectivity index (χ3n) is 2.89. The van der Waals surface area contributed by atoms with Gasteiger partial charge in [-0.1, -0.05) is 34.1 Å². The number of benzene rings is 1. The van der Waals surface area contributed by atoms with Crippen molar-refractivity contribution in [3.63, 3.8) is 0 Å². The molecule has 4 heteroatoms. The first kappa shape index (κ1) is 13.2. The van der Waals surface area contributed by atoms with Crippen molar-refractivity contribution in [2.75, 3.05) is 7.05 Å². The molecule has 1 N–H and O–H groups in total. The lowest BCUT2D eigenvalue weighted by Gasteiger charge is -2.16. The number of rotatable bonds is 4. The van der Waals surface area contributed by atoms with E-state index in [0.717, 1.165) is 22.3 Å². The minimum absolute atomic E-state index is 0.178. The van der Waals surface area contributed by atoms with Crippen molar-refractivity contribution >= 4 is 15.9 Å². The van der Waals surface area contributed by atoms with E-state index >= 15 is 0 Å². The summed E-state index contributed by atoms with van der Waals surface area (Å²) in [6.07, 6.45) is 4.53. The maximum absolute atomic E-state index is 4.43. The number of nitrogens with one attached hydrogen (secondary N) is 1. The lowest BCUT2D eigenvalue weighted by Crippen LogP contribution is -2.20. The number of hydrogen-bond donors (Lipinski definition) is 1. The van der Waals surface area contributed by atoms with Gasteiger partial charge in [-0.05, 0) is 32.0 Å². The lowest BCUT2D eigenvalue weighted by atomic mass is 10.0. The van der Waals surface area contributed by atoms with Crippen LogP contribution in [-0.2, 0) is 6.42 Å². The van der Waals surface area contributed by atoms with E-state index in [4.69, 9.17) is 0 Å². The second kappa shape index (κ2) is 6.07. The van der Waals surface area contributed by atoms with E-state index in [0.29, 0.717) is 0 Å². The fourth-order valence-corrected chi connectivity index (χ4v) is 2.27. The minimum atomic E-state index is 0.178. The molecular formula is C14H16BrN3. The van der Waals surface area contributed by atoms with E-state index in [2.05, 4.69) is 43.3 Å². The van der Waals surface area contributed by atoms with Gasteiger partial charge in [-0.3, -0.25) is 9.97 Å². The van der Waals surface area contributed by atoms with E-state index in [9.17, 15) is 0 Å². The molecule has 2 aromatic rings. The van der Waals surface area contributed by atoms with E-state index in [1.54, 1.807) is 6.20 Å². The van der Waals surface area contributed by atoms with Gasteiger partial charge in [0.15, 0.2) is 0 Å². The summed E-state index contributed by atoms with van der Waals surface area (Å²) in [5, 5.41) is 3.29. The van der Waals surface area contributed by atoms with Gasteiger partial charge < -0.3 is 5.32 Å². The second-order valence-electron chi connectivity index (χ2n) is 4.22. The van der Waals surface area contributed by atoms with Gasteiger partial charge in [-0.15, -0.1) is 0 Å². The molecule has 0 radical (unpaired) electrons. The van der Waals surface area contributed by atoms with Crippen LogP contribution in [-0.4, -0.2) is 17.0 Å². The normalized spacial score (nSPS) is 12.4. The van der Waals surface area contributed by atoms with Crippen molar-refractivity contribution in [3.05, 3.63) is 58.1 Å². The molecule has 18 heavy (non-hydrogen) atoms. The van der Waals surface area contributed by atoms with Crippen LogP contribution < -0.4 is 5.32 Å². The SMILES string of the molecule is CNC(Cc1ccccc1Br)c1cnc(C)cn1. The highest BCUT2D eigenvalue weighted by atomic mass is 79.9. The van der Waals surface area contributed by atoms with Crippen LogP contribution in [0.4, 0.5) is 0 Å². The Morgan fingerprint density at radius 1 is 1.22 bits per heavy atom. The van der Waals surface area contributed by atoms with Crippen LogP contribution >= 0.6 is 15.9 Å². The molecule has 0 bridgehead atoms. The average Bonchev–Trinajstić information content (AvgIpc) is 2.39. The Bertz CT molecular complexity index is 511. The first-order valence-corrected chi connectivity index (χ1v) is 6.69. The Hall–Kier alpha value is -1.26.